The average molecular weight is 301 g/mol. The van der Waals surface area contributed by atoms with E-state index in [9.17, 15) is 9.59 Å². The molecule has 6 heteroatoms. The zero-order valence-electron chi connectivity index (χ0n) is 12.7. The van der Waals surface area contributed by atoms with Crippen molar-refractivity contribution in [1.29, 1.82) is 0 Å². The lowest BCUT2D eigenvalue weighted by molar-refractivity contribution is -0.120. The van der Waals surface area contributed by atoms with Gasteiger partial charge < -0.3 is 15.4 Å². The predicted octanol–water partition coefficient (Wildman–Crippen LogP) is 1.96. The Hall–Kier alpha value is -2.63. The number of aromatic nitrogens is 1. The zero-order chi connectivity index (χ0) is 15.9. The number of fused-ring (bicyclic) bond motifs is 1. The third-order valence-electron chi connectivity index (χ3n) is 3.20. The monoisotopic (exact) mass is 301 g/mol. The molecule has 1 aromatic heterocycles. The molecule has 0 atom stereocenters. The van der Waals surface area contributed by atoms with Gasteiger partial charge in [-0.1, -0.05) is 0 Å². The van der Waals surface area contributed by atoms with Gasteiger partial charge in [0.2, 0.25) is 5.91 Å². The Morgan fingerprint density at radius 1 is 1.27 bits per heavy atom. The van der Waals surface area contributed by atoms with Gasteiger partial charge in [-0.25, -0.2) is 4.79 Å². The minimum absolute atomic E-state index is 0.00334. The highest BCUT2D eigenvalue weighted by atomic mass is 16.5. The predicted molar refractivity (Wildman–Crippen MR) is 84.9 cm³/mol. The van der Waals surface area contributed by atoms with Gasteiger partial charge in [-0.3, -0.25) is 9.78 Å². The van der Waals surface area contributed by atoms with E-state index in [0.717, 1.165) is 16.6 Å². The Balaban J connectivity index is 2.18. The lowest BCUT2D eigenvalue weighted by Gasteiger charge is -2.10. The van der Waals surface area contributed by atoms with Crippen molar-refractivity contribution in [3.8, 4) is 0 Å². The first-order valence-electron chi connectivity index (χ1n) is 7.13. The van der Waals surface area contributed by atoms with Crippen molar-refractivity contribution >= 4 is 28.5 Å². The lowest BCUT2D eigenvalue weighted by atomic mass is 10.1. The van der Waals surface area contributed by atoms with Crippen molar-refractivity contribution in [3.05, 3.63) is 36.0 Å². The van der Waals surface area contributed by atoms with Gasteiger partial charge in [0.25, 0.3) is 0 Å². The fourth-order valence-electron chi connectivity index (χ4n) is 2.14. The van der Waals surface area contributed by atoms with Gasteiger partial charge >= 0.3 is 5.97 Å². The van der Waals surface area contributed by atoms with Crippen LogP contribution in [0.2, 0.25) is 0 Å². The molecular weight excluding hydrogens is 282 g/mol. The molecule has 1 heterocycles. The number of rotatable bonds is 6. The Morgan fingerprint density at radius 2 is 2.09 bits per heavy atom. The van der Waals surface area contributed by atoms with Crippen LogP contribution in [-0.2, 0) is 9.53 Å². The molecule has 2 aromatic rings. The van der Waals surface area contributed by atoms with Crippen LogP contribution in [0.5, 0.6) is 0 Å². The van der Waals surface area contributed by atoms with Gasteiger partial charge in [-0.05, 0) is 31.2 Å². The number of nitrogens with zero attached hydrogens (tertiary/aromatic N) is 1. The molecule has 0 fully saturated rings. The standard InChI is InChI=1S/C16H19N3O3/c1-3-17-15(20)7-9-19-14-6-8-18-13-5-4-11(10-12(13)14)16(21)22-2/h4-6,8,10H,3,7,9H2,1-2H3,(H,17,20)(H,18,19). The second kappa shape index (κ2) is 7.40. The molecule has 2 N–H and O–H groups in total. The lowest BCUT2D eigenvalue weighted by Crippen LogP contribution is -2.24. The van der Waals surface area contributed by atoms with Crippen LogP contribution in [0.25, 0.3) is 10.9 Å². The minimum atomic E-state index is -0.390. The molecule has 6 nitrogen and oxygen atoms in total. The maximum Gasteiger partial charge on any atom is 0.337 e. The van der Waals surface area contributed by atoms with Crippen molar-refractivity contribution < 1.29 is 14.3 Å². The summed E-state index contributed by atoms with van der Waals surface area (Å²) >= 11 is 0. The summed E-state index contributed by atoms with van der Waals surface area (Å²) in [4.78, 5) is 27.4. The van der Waals surface area contributed by atoms with Gasteiger partial charge in [0.1, 0.15) is 0 Å². The number of ether oxygens (including phenoxy) is 1. The summed E-state index contributed by atoms with van der Waals surface area (Å²) in [6.07, 6.45) is 2.07. The molecule has 0 unspecified atom stereocenters. The molecule has 0 aliphatic heterocycles. The number of hydrogen-bond acceptors (Lipinski definition) is 5. The summed E-state index contributed by atoms with van der Waals surface area (Å²) in [5.41, 5.74) is 2.07. The Kier molecular flexibility index (Phi) is 5.30. The van der Waals surface area contributed by atoms with Gasteiger partial charge in [-0.2, -0.15) is 0 Å². The number of esters is 1. The van der Waals surface area contributed by atoms with Crippen molar-refractivity contribution in [2.24, 2.45) is 0 Å². The number of carbonyl (C=O) groups excluding carboxylic acids is 2. The molecule has 0 aliphatic carbocycles. The Morgan fingerprint density at radius 3 is 2.82 bits per heavy atom. The summed E-state index contributed by atoms with van der Waals surface area (Å²) in [6, 6.07) is 7.01. The number of anilines is 1. The first kappa shape index (κ1) is 15.8. The quantitative estimate of drug-likeness (QED) is 0.797. The highest BCUT2D eigenvalue weighted by molar-refractivity contribution is 5.98. The van der Waals surface area contributed by atoms with E-state index < -0.39 is 0 Å². The van der Waals surface area contributed by atoms with Crippen LogP contribution in [0.3, 0.4) is 0 Å². The van der Waals surface area contributed by atoms with E-state index in [0.29, 0.717) is 25.1 Å². The molecule has 1 amide bonds. The fraction of sp³-hybridized carbons (Fsp3) is 0.312. The van der Waals surface area contributed by atoms with Gasteiger partial charge in [0.15, 0.2) is 0 Å². The number of nitrogens with one attached hydrogen (secondary N) is 2. The van der Waals surface area contributed by atoms with E-state index in [4.69, 9.17) is 4.74 Å². The number of amides is 1. The molecule has 0 saturated heterocycles. The largest absolute Gasteiger partial charge is 0.465 e. The van der Waals surface area contributed by atoms with Crippen LogP contribution >= 0.6 is 0 Å². The summed E-state index contributed by atoms with van der Waals surface area (Å²) in [6.45, 7) is 3.02. The summed E-state index contributed by atoms with van der Waals surface area (Å²) in [5, 5.41) is 6.78. The number of hydrogen-bond donors (Lipinski definition) is 2. The molecule has 116 valence electrons. The maximum absolute atomic E-state index is 11.6. The molecular formula is C16H19N3O3. The van der Waals surface area contributed by atoms with Crippen LogP contribution in [0.4, 0.5) is 5.69 Å². The topological polar surface area (TPSA) is 80.3 Å². The van der Waals surface area contributed by atoms with Crippen LogP contribution in [-0.4, -0.2) is 37.1 Å². The Bertz CT molecular complexity index is 685. The summed E-state index contributed by atoms with van der Waals surface area (Å²) in [7, 11) is 1.35. The molecule has 0 spiro atoms. The number of methoxy groups -OCH3 is 1. The van der Waals surface area contributed by atoms with Crippen molar-refractivity contribution in [3.63, 3.8) is 0 Å². The average Bonchev–Trinajstić information content (AvgIpc) is 2.54. The minimum Gasteiger partial charge on any atom is -0.465 e. The highest BCUT2D eigenvalue weighted by Gasteiger charge is 2.09. The van der Waals surface area contributed by atoms with Crippen LogP contribution < -0.4 is 10.6 Å². The fourth-order valence-corrected chi connectivity index (χ4v) is 2.14. The summed E-state index contributed by atoms with van der Waals surface area (Å²) in [5.74, 6) is -0.386. The van der Waals surface area contributed by atoms with E-state index in [1.54, 1.807) is 24.4 Å². The first-order chi connectivity index (χ1) is 10.7. The molecule has 0 bridgehead atoms. The van der Waals surface area contributed by atoms with Crippen LogP contribution in [0.15, 0.2) is 30.5 Å². The normalized spacial score (nSPS) is 10.3. The zero-order valence-corrected chi connectivity index (χ0v) is 12.7. The molecule has 22 heavy (non-hydrogen) atoms. The van der Waals surface area contributed by atoms with Crippen molar-refractivity contribution in [1.82, 2.24) is 10.3 Å². The SMILES string of the molecule is CCNC(=O)CCNc1ccnc2ccc(C(=O)OC)cc12. The maximum atomic E-state index is 11.6. The van der Waals surface area contributed by atoms with E-state index in [1.807, 2.05) is 13.0 Å². The van der Waals surface area contributed by atoms with Gasteiger partial charge in [-0.15, -0.1) is 0 Å². The van der Waals surface area contributed by atoms with Gasteiger partial charge in [0, 0.05) is 36.8 Å². The van der Waals surface area contributed by atoms with Crippen LogP contribution in [0.1, 0.15) is 23.7 Å². The number of pyridine rings is 1. The number of carbonyl (C=O) groups is 2. The number of benzene rings is 1. The highest BCUT2D eigenvalue weighted by Crippen LogP contribution is 2.23. The van der Waals surface area contributed by atoms with E-state index >= 15 is 0 Å². The van der Waals surface area contributed by atoms with Crippen molar-refractivity contribution in [2.45, 2.75) is 13.3 Å². The van der Waals surface area contributed by atoms with Crippen molar-refractivity contribution in [2.75, 3.05) is 25.5 Å². The van der Waals surface area contributed by atoms with E-state index in [2.05, 4.69) is 15.6 Å². The second-order valence-corrected chi connectivity index (χ2v) is 4.71. The van der Waals surface area contributed by atoms with E-state index in [1.165, 1.54) is 7.11 Å². The van der Waals surface area contributed by atoms with Crippen LogP contribution in [0, 0.1) is 0 Å². The molecule has 0 saturated carbocycles. The third-order valence-corrected chi connectivity index (χ3v) is 3.20. The molecule has 1 aromatic carbocycles. The van der Waals surface area contributed by atoms with Gasteiger partial charge in [0.05, 0.1) is 18.2 Å². The second-order valence-electron chi connectivity index (χ2n) is 4.71. The first-order valence-corrected chi connectivity index (χ1v) is 7.13. The third kappa shape index (κ3) is 3.72. The molecule has 0 aliphatic rings. The Labute approximate surface area is 128 Å². The smallest absolute Gasteiger partial charge is 0.337 e. The van der Waals surface area contributed by atoms with E-state index in [-0.39, 0.29) is 11.9 Å². The summed E-state index contributed by atoms with van der Waals surface area (Å²) < 4.78 is 4.73. The molecule has 2 rings (SSSR count). The molecule has 0 radical (unpaired) electrons.